The highest BCUT2D eigenvalue weighted by atomic mass is 19.4. The monoisotopic (exact) mass is 261 g/mol. The van der Waals surface area contributed by atoms with Crippen LogP contribution in [-0.2, 0) is 6.54 Å². The molecule has 1 aliphatic heterocycles. The second-order valence-corrected chi connectivity index (χ2v) is 4.70. The van der Waals surface area contributed by atoms with Crippen LogP contribution in [-0.4, -0.2) is 22.5 Å². The Balaban J connectivity index is 2.25. The number of aromatic nitrogens is 2. The molecule has 0 amide bonds. The van der Waals surface area contributed by atoms with E-state index in [1.165, 1.54) is 0 Å². The molecule has 1 fully saturated rings. The number of nitrogens with zero attached hydrogens (tertiary/aromatic N) is 2. The van der Waals surface area contributed by atoms with Gasteiger partial charge >= 0.3 is 6.18 Å². The molecular formula is C12H18F3N3. The zero-order chi connectivity index (χ0) is 13.2. The maximum atomic E-state index is 13.0. The molecule has 0 saturated carbocycles. The van der Waals surface area contributed by atoms with Gasteiger partial charge in [0.25, 0.3) is 0 Å². The molecule has 1 aromatic heterocycles. The van der Waals surface area contributed by atoms with Crippen molar-refractivity contribution >= 4 is 0 Å². The minimum absolute atomic E-state index is 0.193. The molecule has 3 nitrogen and oxygen atoms in total. The lowest BCUT2D eigenvalue weighted by atomic mass is 9.88. The molecule has 0 aromatic carbocycles. The molecule has 2 unspecified atom stereocenters. The molecule has 2 heterocycles. The van der Waals surface area contributed by atoms with Crippen LogP contribution in [0.15, 0.2) is 12.3 Å². The van der Waals surface area contributed by atoms with Gasteiger partial charge in [-0.2, -0.15) is 18.3 Å². The highest BCUT2D eigenvalue weighted by Crippen LogP contribution is 2.40. The minimum atomic E-state index is -4.15. The molecule has 2 atom stereocenters. The summed E-state index contributed by atoms with van der Waals surface area (Å²) in [6.07, 6.45) is -0.951. The van der Waals surface area contributed by atoms with Crippen molar-refractivity contribution < 1.29 is 13.2 Å². The summed E-state index contributed by atoms with van der Waals surface area (Å²) in [5, 5.41) is 7.10. The average molecular weight is 261 g/mol. The number of halogens is 3. The van der Waals surface area contributed by atoms with Crippen LogP contribution in [0.3, 0.4) is 0 Å². The van der Waals surface area contributed by atoms with Gasteiger partial charge in [0.15, 0.2) is 0 Å². The molecule has 6 heteroatoms. The minimum Gasteiger partial charge on any atom is -0.308 e. The van der Waals surface area contributed by atoms with Crippen molar-refractivity contribution in [3.05, 3.63) is 18.0 Å². The third-order valence-electron chi connectivity index (χ3n) is 3.38. The van der Waals surface area contributed by atoms with E-state index in [1.807, 2.05) is 6.92 Å². The Morgan fingerprint density at radius 3 is 2.94 bits per heavy atom. The summed E-state index contributed by atoms with van der Waals surface area (Å²) in [6.45, 7) is 3.28. The van der Waals surface area contributed by atoms with Crippen molar-refractivity contribution in [2.45, 2.75) is 44.9 Å². The molecule has 0 spiro atoms. The standard InChI is InChI=1S/C12H18F3N3/c1-2-8-18-10(5-7-17-18)11-9(12(13,14)15)4-3-6-16-11/h5,7,9,11,16H,2-4,6,8H2,1H3. The number of alkyl halides is 3. The highest BCUT2D eigenvalue weighted by Gasteiger charge is 2.46. The van der Waals surface area contributed by atoms with Crippen LogP contribution in [0.2, 0.25) is 0 Å². The van der Waals surface area contributed by atoms with E-state index in [0.717, 1.165) is 6.42 Å². The summed E-state index contributed by atoms with van der Waals surface area (Å²) in [7, 11) is 0. The van der Waals surface area contributed by atoms with Crippen LogP contribution < -0.4 is 5.32 Å². The Morgan fingerprint density at radius 1 is 1.50 bits per heavy atom. The second kappa shape index (κ2) is 5.30. The molecule has 1 aromatic rings. The van der Waals surface area contributed by atoms with E-state index in [4.69, 9.17) is 0 Å². The van der Waals surface area contributed by atoms with E-state index in [9.17, 15) is 13.2 Å². The summed E-state index contributed by atoms with van der Waals surface area (Å²) in [6, 6.07) is 1.03. The number of rotatable bonds is 3. The average Bonchev–Trinajstić information content (AvgIpc) is 2.77. The van der Waals surface area contributed by atoms with E-state index in [1.54, 1.807) is 16.9 Å². The van der Waals surface area contributed by atoms with E-state index < -0.39 is 18.1 Å². The molecule has 0 bridgehead atoms. The van der Waals surface area contributed by atoms with Gasteiger partial charge in [0.1, 0.15) is 0 Å². The van der Waals surface area contributed by atoms with Crippen molar-refractivity contribution in [3.63, 3.8) is 0 Å². The van der Waals surface area contributed by atoms with Gasteiger partial charge in [-0.25, -0.2) is 0 Å². The third-order valence-corrected chi connectivity index (χ3v) is 3.38. The van der Waals surface area contributed by atoms with E-state index in [0.29, 0.717) is 25.2 Å². The van der Waals surface area contributed by atoms with Gasteiger partial charge < -0.3 is 5.32 Å². The van der Waals surface area contributed by atoms with E-state index in [2.05, 4.69) is 10.4 Å². The van der Waals surface area contributed by atoms with Crippen molar-refractivity contribution in [1.29, 1.82) is 0 Å². The van der Waals surface area contributed by atoms with Crippen molar-refractivity contribution in [2.75, 3.05) is 6.54 Å². The molecule has 1 saturated heterocycles. The van der Waals surface area contributed by atoms with Crippen LogP contribution >= 0.6 is 0 Å². The van der Waals surface area contributed by atoms with Gasteiger partial charge in [-0.05, 0) is 31.9 Å². The maximum Gasteiger partial charge on any atom is 0.393 e. The summed E-state index contributed by atoms with van der Waals surface area (Å²) in [5.41, 5.74) is 0.652. The van der Waals surface area contributed by atoms with E-state index in [-0.39, 0.29) is 6.42 Å². The predicted octanol–water partition coefficient (Wildman–Crippen LogP) is 2.90. The summed E-state index contributed by atoms with van der Waals surface area (Å²) < 4.78 is 40.8. The molecular weight excluding hydrogens is 243 g/mol. The van der Waals surface area contributed by atoms with Crippen LogP contribution in [0.5, 0.6) is 0 Å². The smallest absolute Gasteiger partial charge is 0.308 e. The fourth-order valence-electron chi connectivity index (χ4n) is 2.56. The molecule has 102 valence electrons. The molecule has 0 radical (unpaired) electrons. The first kappa shape index (κ1) is 13.4. The van der Waals surface area contributed by atoms with Crippen LogP contribution in [0.25, 0.3) is 0 Å². The van der Waals surface area contributed by atoms with Crippen molar-refractivity contribution in [2.24, 2.45) is 5.92 Å². The molecule has 1 aliphatic rings. The van der Waals surface area contributed by atoms with Crippen LogP contribution in [0.4, 0.5) is 13.2 Å². The first-order valence-electron chi connectivity index (χ1n) is 6.36. The fraction of sp³-hybridized carbons (Fsp3) is 0.750. The predicted molar refractivity (Wildman–Crippen MR) is 62.0 cm³/mol. The number of hydrogen-bond donors (Lipinski definition) is 1. The van der Waals surface area contributed by atoms with Gasteiger partial charge in [0, 0.05) is 12.7 Å². The Morgan fingerprint density at radius 2 is 2.28 bits per heavy atom. The van der Waals surface area contributed by atoms with Gasteiger partial charge in [-0.1, -0.05) is 6.92 Å². The topological polar surface area (TPSA) is 29.9 Å². The van der Waals surface area contributed by atoms with Gasteiger partial charge in [-0.15, -0.1) is 0 Å². The normalized spacial score (nSPS) is 25.3. The van der Waals surface area contributed by atoms with Crippen LogP contribution in [0.1, 0.15) is 37.9 Å². The number of piperidine rings is 1. The zero-order valence-electron chi connectivity index (χ0n) is 10.4. The molecule has 18 heavy (non-hydrogen) atoms. The van der Waals surface area contributed by atoms with Gasteiger partial charge in [-0.3, -0.25) is 4.68 Å². The molecule has 0 aliphatic carbocycles. The lowest BCUT2D eigenvalue weighted by Gasteiger charge is -2.34. The first-order chi connectivity index (χ1) is 8.54. The summed E-state index contributed by atoms with van der Waals surface area (Å²) >= 11 is 0. The Kier molecular flexibility index (Phi) is 3.94. The van der Waals surface area contributed by atoms with Crippen molar-refractivity contribution in [1.82, 2.24) is 15.1 Å². The maximum absolute atomic E-state index is 13.0. The van der Waals surface area contributed by atoms with Crippen LogP contribution in [0, 0.1) is 5.92 Å². The Bertz CT molecular complexity index is 386. The molecule has 2 rings (SSSR count). The Hall–Kier alpha value is -1.04. The lowest BCUT2D eigenvalue weighted by Crippen LogP contribution is -2.42. The van der Waals surface area contributed by atoms with E-state index >= 15 is 0 Å². The van der Waals surface area contributed by atoms with Gasteiger partial charge in [0.05, 0.1) is 17.7 Å². The second-order valence-electron chi connectivity index (χ2n) is 4.70. The first-order valence-corrected chi connectivity index (χ1v) is 6.36. The lowest BCUT2D eigenvalue weighted by molar-refractivity contribution is -0.189. The zero-order valence-corrected chi connectivity index (χ0v) is 10.4. The summed E-state index contributed by atoms with van der Waals surface area (Å²) in [4.78, 5) is 0. The number of aryl methyl sites for hydroxylation is 1. The third kappa shape index (κ3) is 2.68. The largest absolute Gasteiger partial charge is 0.393 e. The summed E-state index contributed by atoms with van der Waals surface area (Å²) in [5.74, 6) is -1.31. The number of nitrogens with one attached hydrogen (secondary N) is 1. The molecule has 1 N–H and O–H groups in total. The van der Waals surface area contributed by atoms with Crippen molar-refractivity contribution in [3.8, 4) is 0 Å². The number of hydrogen-bond acceptors (Lipinski definition) is 2. The Labute approximate surface area is 104 Å². The SMILES string of the molecule is CCCn1nccc1C1NCCCC1C(F)(F)F. The fourth-order valence-corrected chi connectivity index (χ4v) is 2.56. The van der Waals surface area contributed by atoms with Gasteiger partial charge in [0.2, 0.25) is 0 Å². The highest BCUT2D eigenvalue weighted by molar-refractivity contribution is 5.11. The quantitative estimate of drug-likeness (QED) is 0.906.